The highest BCUT2D eigenvalue weighted by molar-refractivity contribution is 4.87. The second-order valence-corrected chi connectivity index (χ2v) is 4.62. The number of nitrogens with zero attached hydrogens (tertiary/aromatic N) is 2. The van der Waals surface area contributed by atoms with Gasteiger partial charge in [0, 0.05) is 13.5 Å². The van der Waals surface area contributed by atoms with Crippen LogP contribution in [0.3, 0.4) is 0 Å². The topological polar surface area (TPSA) is 71.2 Å². The molecule has 1 fully saturated rings. The number of rotatable bonds is 4. The van der Waals surface area contributed by atoms with E-state index >= 15 is 0 Å². The van der Waals surface area contributed by atoms with E-state index in [1.807, 2.05) is 0 Å². The summed E-state index contributed by atoms with van der Waals surface area (Å²) in [6, 6.07) is 0. The van der Waals surface area contributed by atoms with Crippen LogP contribution in [-0.4, -0.2) is 27.4 Å². The first kappa shape index (κ1) is 11.5. The van der Waals surface area contributed by atoms with E-state index in [4.69, 9.17) is 4.52 Å². The van der Waals surface area contributed by atoms with Crippen molar-refractivity contribution >= 4 is 0 Å². The molecule has 0 aliphatic heterocycles. The summed E-state index contributed by atoms with van der Waals surface area (Å²) in [7, 11) is 0. The predicted molar refractivity (Wildman–Crippen MR) is 58.8 cm³/mol. The lowest BCUT2D eigenvalue weighted by molar-refractivity contribution is 0.00452. The van der Waals surface area contributed by atoms with Gasteiger partial charge in [0.1, 0.15) is 0 Å². The van der Waals surface area contributed by atoms with Gasteiger partial charge in [-0.15, -0.1) is 0 Å². The molecule has 90 valence electrons. The smallest absolute Gasteiger partial charge is 0.223 e. The maximum Gasteiger partial charge on any atom is 0.223 e. The number of aryl methyl sites for hydroxylation is 1. The summed E-state index contributed by atoms with van der Waals surface area (Å²) in [5.41, 5.74) is -0.531. The third-order valence-electron chi connectivity index (χ3n) is 3.09. The number of nitrogens with one attached hydrogen (secondary N) is 1. The molecule has 0 amide bonds. The van der Waals surface area contributed by atoms with Gasteiger partial charge in [0.05, 0.1) is 12.1 Å². The maximum absolute atomic E-state index is 10.2. The fraction of sp³-hybridized carbons (Fsp3) is 0.818. The van der Waals surface area contributed by atoms with Crippen LogP contribution < -0.4 is 5.32 Å². The number of aliphatic hydroxyl groups is 1. The molecule has 0 spiro atoms. The molecule has 1 heterocycles. The Hall–Kier alpha value is -0.940. The number of aromatic nitrogens is 2. The van der Waals surface area contributed by atoms with E-state index in [0.29, 0.717) is 24.8 Å². The van der Waals surface area contributed by atoms with Crippen LogP contribution in [0.4, 0.5) is 0 Å². The van der Waals surface area contributed by atoms with Crippen molar-refractivity contribution in [1.82, 2.24) is 15.5 Å². The summed E-state index contributed by atoms with van der Waals surface area (Å²) in [5.74, 6) is 1.23. The number of hydrogen-bond donors (Lipinski definition) is 2. The van der Waals surface area contributed by atoms with Gasteiger partial charge in [-0.1, -0.05) is 24.4 Å². The first-order valence-electron chi connectivity index (χ1n) is 5.90. The van der Waals surface area contributed by atoms with Gasteiger partial charge in [-0.25, -0.2) is 0 Å². The van der Waals surface area contributed by atoms with Crippen LogP contribution in [0.25, 0.3) is 0 Å². The Morgan fingerprint density at radius 1 is 1.38 bits per heavy atom. The van der Waals surface area contributed by atoms with Crippen molar-refractivity contribution in [1.29, 1.82) is 0 Å². The lowest BCUT2D eigenvalue weighted by Crippen LogP contribution is -2.42. The fourth-order valence-corrected chi connectivity index (χ4v) is 2.21. The largest absolute Gasteiger partial charge is 0.389 e. The Bertz CT molecular complexity index is 332. The van der Waals surface area contributed by atoms with Crippen LogP contribution in [0.15, 0.2) is 4.52 Å². The van der Waals surface area contributed by atoms with Crippen LogP contribution in [0.1, 0.15) is 43.8 Å². The first-order chi connectivity index (χ1) is 7.68. The van der Waals surface area contributed by atoms with Crippen molar-refractivity contribution in [2.45, 2.75) is 51.2 Å². The SMILES string of the molecule is Cc1nc(CNCC2(O)CCCCC2)no1. The minimum Gasteiger partial charge on any atom is -0.389 e. The van der Waals surface area contributed by atoms with Crippen molar-refractivity contribution in [2.75, 3.05) is 6.54 Å². The van der Waals surface area contributed by atoms with E-state index in [1.165, 1.54) is 6.42 Å². The fourth-order valence-electron chi connectivity index (χ4n) is 2.21. The second-order valence-electron chi connectivity index (χ2n) is 4.62. The lowest BCUT2D eigenvalue weighted by Gasteiger charge is -2.32. The van der Waals surface area contributed by atoms with E-state index < -0.39 is 5.60 Å². The molecule has 0 saturated heterocycles. The second kappa shape index (κ2) is 4.93. The Labute approximate surface area is 95.2 Å². The van der Waals surface area contributed by atoms with Crippen LogP contribution in [0.5, 0.6) is 0 Å². The minimum atomic E-state index is -0.531. The molecule has 2 rings (SSSR count). The van der Waals surface area contributed by atoms with Crippen LogP contribution in [0, 0.1) is 6.92 Å². The van der Waals surface area contributed by atoms with E-state index in [-0.39, 0.29) is 0 Å². The van der Waals surface area contributed by atoms with Gasteiger partial charge in [0.25, 0.3) is 0 Å². The number of hydrogen-bond acceptors (Lipinski definition) is 5. The van der Waals surface area contributed by atoms with Gasteiger partial charge in [-0.3, -0.25) is 0 Å². The Kier molecular flexibility index (Phi) is 3.56. The van der Waals surface area contributed by atoms with E-state index in [0.717, 1.165) is 25.7 Å². The summed E-state index contributed by atoms with van der Waals surface area (Å²) < 4.78 is 4.87. The highest BCUT2D eigenvalue weighted by Gasteiger charge is 2.28. The summed E-state index contributed by atoms with van der Waals surface area (Å²) in [4.78, 5) is 4.09. The van der Waals surface area contributed by atoms with E-state index in [9.17, 15) is 5.11 Å². The molecule has 5 heteroatoms. The zero-order valence-electron chi connectivity index (χ0n) is 9.70. The molecular formula is C11H19N3O2. The van der Waals surface area contributed by atoms with Gasteiger partial charge in [-0.2, -0.15) is 4.98 Å². The van der Waals surface area contributed by atoms with Gasteiger partial charge in [0.15, 0.2) is 5.82 Å². The molecule has 2 N–H and O–H groups in total. The van der Waals surface area contributed by atoms with Crippen molar-refractivity contribution in [3.05, 3.63) is 11.7 Å². The lowest BCUT2D eigenvalue weighted by atomic mass is 9.85. The predicted octanol–water partition coefficient (Wildman–Crippen LogP) is 1.16. The van der Waals surface area contributed by atoms with Crippen LogP contribution >= 0.6 is 0 Å². The molecule has 0 atom stereocenters. The molecule has 0 aromatic carbocycles. The standard InChI is InChI=1S/C11H19N3O2/c1-9-13-10(14-16-9)7-12-8-11(15)5-3-2-4-6-11/h12,15H,2-8H2,1H3. The summed E-state index contributed by atoms with van der Waals surface area (Å²) in [5, 5.41) is 17.2. The molecule has 16 heavy (non-hydrogen) atoms. The van der Waals surface area contributed by atoms with Crippen molar-refractivity contribution in [3.63, 3.8) is 0 Å². The monoisotopic (exact) mass is 225 g/mol. The highest BCUT2D eigenvalue weighted by Crippen LogP contribution is 2.27. The van der Waals surface area contributed by atoms with Gasteiger partial charge >= 0.3 is 0 Å². The molecule has 0 unspecified atom stereocenters. The average molecular weight is 225 g/mol. The molecule has 1 aliphatic rings. The normalized spacial score (nSPS) is 19.9. The third kappa shape index (κ3) is 3.02. The van der Waals surface area contributed by atoms with Crippen molar-refractivity contribution in [3.8, 4) is 0 Å². The molecule has 1 aliphatic carbocycles. The molecular weight excluding hydrogens is 206 g/mol. The molecule has 5 nitrogen and oxygen atoms in total. The van der Waals surface area contributed by atoms with E-state index in [2.05, 4.69) is 15.5 Å². The Morgan fingerprint density at radius 2 is 2.12 bits per heavy atom. The average Bonchev–Trinajstić information content (AvgIpc) is 2.65. The summed E-state index contributed by atoms with van der Waals surface area (Å²) in [6.07, 6.45) is 5.28. The quantitative estimate of drug-likeness (QED) is 0.804. The third-order valence-corrected chi connectivity index (χ3v) is 3.09. The molecule has 1 saturated carbocycles. The van der Waals surface area contributed by atoms with Gasteiger partial charge in [-0.05, 0) is 12.8 Å². The zero-order chi connectivity index (χ0) is 11.4. The van der Waals surface area contributed by atoms with Gasteiger partial charge in [0.2, 0.25) is 5.89 Å². The Morgan fingerprint density at radius 3 is 2.75 bits per heavy atom. The molecule has 1 aromatic heterocycles. The van der Waals surface area contributed by atoms with E-state index in [1.54, 1.807) is 6.92 Å². The van der Waals surface area contributed by atoms with Crippen LogP contribution in [-0.2, 0) is 6.54 Å². The summed E-state index contributed by atoms with van der Waals surface area (Å²) >= 11 is 0. The first-order valence-corrected chi connectivity index (χ1v) is 5.90. The minimum absolute atomic E-state index is 0.531. The van der Waals surface area contributed by atoms with Crippen LogP contribution in [0.2, 0.25) is 0 Å². The molecule has 0 bridgehead atoms. The highest BCUT2D eigenvalue weighted by atomic mass is 16.5. The van der Waals surface area contributed by atoms with Crippen molar-refractivity contribution < 1.29 is 9.63 Å². The maximum atomic E-state index is 10.2. The molecule has 1 aromatic rings. The molecule has 0 radical (unpaired) electrons. The Balaban J connectivity index is 1.74. The zero-order valence-corrected chi connectivity index (χ0v) is 9.70. The summed E-state index contributed by atoms with van der Waals surface area (Å²) in [6.45, 7) is 2.94. The van der Waals surface area contributed by atoms with Crippen molar-refractivity contribution in [2.24, 2.45) is 0 Å². The van der Waals surface area contributed by atoms with Gasteiger partial charge < -0.3 is 14.9 Å².